The predicted octanol–water partition coefficient (Wildman–Crippen LogP) is 2.06. The molecule has 0 heterocycles. The summed E-state index contributed by atoms with van der Waals surface area (Å²) in [5.41, 5.74) is 0.646. The van der Waals surface area contributed by atoms with E-state index in [9.17, 15) is 9.59 Å². The maximum absolute atomic E-state index is 11.9. The number of esters is 1. The zero-order valence-electron chi connectivity index (χ0n) is 18.0. The van der Waals surface area contributed by atoms with Crippen molar-refractivity contribution in [2.45, 2.75) is 39.8 Å². The number of hydrogen-bond acceptors (Lipinski definition) is 6. The quantitative estimate of drug-likeness (QED) is 0.261. The lowest BCUT2D eigenvalue weighted by molar-refractivity contribution is 0.0527. The van der Waals surface area contributed by atoms with E-state index in [2.05, 4.69) is 20.9 Å². The average Bonchev–Trinajstić information content (AvgIpc) is 2.67. The van der Waals surface area contributed by atoms with Gasteiger partial charge in [-0.05, 0) is 45.4 Å². The summed E-state index contributed by atoms with van der Waals surface area (Å²) in [4.78, 5) is 28.0. The van der Waals surface area contributed by atoms with Crippen LogP contribution in [0.3, 0.4) is 0 Å². The monoisotopic (exact) mass is 408 g/mol. The molecule has 0 fully saturated rings. The number of nitrogens with zero attached hydrogens (tertiary/aromatic N) is 1. The SMILES string of the molecule is CCNC(=NCc1ccc(OC)c(C(=O)OC)c1)NCCNC(=O)OC(C)(C)C. The molecule has 0 aliphatic carbocycles. The minimum absolute atomic E-state index is 0.349. The lowest BCUT2D eigenvalue weighted by Crippen LogP contribution is -2.42. The molecule has 0 unspecified atom stereocenters. The highest BCUT2D eigenvalue weighted by atomic mass is 16.6. The number of nitrogens with one attached hydrogen (secondary N) is 3. The topological polar surface area (TPSA) is 110 Å². The average molecular weight is 408 g/mol. The number of benzene rings is 1. The third kappa shape index (κ3) is 9.18. The summed E-state index contributed by atoms with van der Waals surface area (Å²) in [5.74, 6) is 0.572. The van der Waals surface area contributed by atoms with Crippen molar-refractivity contribution in [2.75, 3.05) is 33.9 Å². The maximum atomic E-state index is 11.9. The third-order valence-corrected chi connectivity index (χ3v) is 3.52. The van der Waals surface area contributed by atoms with Gasteiger partial charge in [0.25, 0.3) is 0 Å². The van der Waals surface area contributed by atoms with Gasteiger partial charge < -0.3 is 30.2 Å². The molecule has 9 heteroatoms. The lowest BCUT2D eigenvalue weighted by Gasteiger charge is -2.20. The van der Waals surface area contributed by atoms with Crippen LogP contribution in [0.4, 0.5) is 4.79 Å². The molecule has 9 nitrogen and oxygen atoms in total. The summed E-state index contributed by atoms with van der Waals surface area (Å²) in [6.45, 7) is 9.28. The molecule has 0 bridgehead atoms. The molecule has 0 radical (unpaired) electrons. The van der Waals surface area contributed by atoms with Crippen molar-refractivity contribution in [3.63, 3.8) is 0 Å². The fourth-order valence-electron chi connectivity index (χ4n) is 2.29. The molecule has 0 saturated heterocycles. The van der Waals surface area contributed by atoms with Gasteiger partial charge in [-0.1, -0.05) is 6.07 Å². The maximum Gasteiger partial charge on any atom is 0.407 e. The molecule has 0 spiro atoms. The highest BCUT2D eigenvalue weighted by Gasteiger charge is 2.15. The molecule has 3 N–H and O–H groups in total. The van der Waals surface area contributed by atoms with Crippen LogP contribution in [0.2, 0.25) is 0 Å². The number of methoxy groups -OCH3 is 2. The number of hydrogen-bond donors (Lipinski definition) is 3. The summed E-state index contributed by atoms with van der Waals surface area (Å²) in [6, 6.07) is 5.24. The van der Waals surface area contributed by atoms with Crippen LogP contribution in [0.25, 0.3) is 0 Å². The van der Waals surface area contributed by atoms with Crippen LogP contribution in [0.15, 0.2) is 23.2 Å². The highest BCUT2D eigenvalue weighted by Crippen LogP contribution is 2.21. The molecule has 1 rings (SSSR count). The molecule has 1 amide bonds. The van der Waals surface area contributed by atoms with Crippen LogP contribution in [-0.2, 0) is 16.0 Å². The number of carbonyl (C=O) groups is 2. The van der Waals surface area contributed by atoms with Gasteiger partial charge >= 0.3 is 12.1 Å². The number of aliphatic imine (C=N–C) groups is 1. The van der Waals surface area contributed by atoms with Gasteiger partial charge in [0, 0.05) is 19.6 Å². The summed E-state index contributed by atoms with van der Waals surface area (Å²) in [6.07, 6.45) is -0.463. The fraction of sp³-hybridized carbons (Fsp3) is 0.550. The number of alkyl carbamates (subject to hydrolysis) is 1. The molecule has 0 atom stereocenters. The summed E-state index contributed by atoms with van der Waals surface area (Å²) < 4.78 is 15.2. The van der Waals surface area contributed by atoms with Crippen LogP contribution < -0.4 is 20.7 Å². The van der Waals surface area contributed by atoms with Gasteiger partial charge in [0.1, 0.15) is 16.9 Å². The van der Waals surface area contributed by atoms with E-state index in [1.54, 1.807) is 12.1 Å². The first-order valence-corrected chi connectivity index (χ1v) is 9.44. The summed E-state index contributed by atoms with van der Waals surface area (Å²) >= 11 is 0. The molecule has 0 aliphatic rings. The van der Waals surface area contributed by atoms with Gasteiger partial charge in [0.2, 0.25) is 0 Å². The van der Waals surface area contributed by atoms with Crippen LogP contribution in [0.1, 0.15) is 43.6 Å². The Morgan fingerprint density at radius 2 is 1.76 bits per heavy atom. The number of carbonyl (C=O) groups excluding carboxylic acids is 2. The Kier molecular flexibility index (Phi) is 9.78. The first-order chi connectivity index (χ1) is 13.7. The minimum Gasteiger partial charge on any atom is -0.496 e. The van der Waals surface area contributed by atoms with Crippen molar-refractivity contribution in [1.29, 1.82) is 0 Å². The van der Waals surface area contributed by atoms with Crippen molar-refractivity contribution < 1.29 is 23.8 Å². The number of amides is 1. The fourth-order valence-corrected chi connectivity index (χ4v) is 2.29. The molecule has 0 aromatic heterocycles. The minimum atomic E-state index is -0.532. The van der Waals surface area contributed by atoms with Crippen molar-refractivity contribution in [3.8, 4) is 5.75 Å². The largest absolute Gasteiger partial charge is 0.496 e. The number of rotatable bonds is 8. The molecular weight excluding hydrogens is 376 g/mol. The van der Waals surface area contributed by atoms with E-state index in [4.69, 9.17) is 14.2 Å². The van der Waals surface area contributed by atoms with Gasteiger partial charge in [-0.25, -0.2) is 14.6 Å². The second-order valence-electron chi connectivity index (χ2n) is 7.08. The van der Waals surface area contributed by atoms with E-state index in [1.807, 2.05) is 33.8 Å². The normalized spacial score (nSPS) is 11.4. The first-order valence-electron chi connectivity index (χ1n) is 9.44. The van der Waals surface area contributed by atoms with E-state index in [0.717, 1.165) is 5.56 Å². The smallest absolute Gasteiger partial charge is 0.407 e. The summed E-state index contributed by atoms with van der Waals surface area (Å²) in [7, 11) is 2.82. The van der Waals surface area contributed by atoms with Gasteiger partial charge in [0.05, 0.1) is 20.8 Å². The van der Waals surface area contributed by atoms with E-state index < -0.39 is 17.7 Å². The standard InChI is InChI=1S/C20H32N4O5/c1-7-21-18(22-10-11-23-19(26)29-20(2,3)4)24-13-14-8-9-16(27-5)15(12-14)17(25)28-6/h8-9,12H,7,10-11,13H2,1-6H3,(H,23,26)(H2,21,22,24). The zero-order valence-corrected chi connectivity index (χ0v) is 18.0. The molecule has 0 aliphatic heterocycles. The molecule has 1 aromatic rings. The second kappa shape index (κ2) is 11.8. The van der Waals surface area contributed by atoms with Crippen LogP contribution in [-0.4, -0.2) is 57.5 Å². The van der Waals surface area contributed by atoms with Gasteiger partial charge in [-0.15, -0.1) is 0 Å². The predicted molar refractivity (Wildman–Crippen MR) is 111 cm³/mol. The Bertz CT molecular complexity index is 713. The van der Waals surface area contributed by atoms with Gasteiger partial charge in [-0.2, -0.15) is 0 Å². The lowest BCUT2D eigenvalue weighted by atomic mass is 10.1. The van der Waals surface area contributed by atoms with E-state index in [0.29, 0.717) is 43.5 Å². The third-order valence-electron chi connectivity index (χ3n) is 3.52. The van der Waals surface area contributed by atoms with E-state index in [1.165, 1.54) is 14.2 Å². The van der Waals surface area contributed by atoms with Crippen molar-refractivity contribution in [2.24, 2.45) is 4.99 Å². The zero-order chi connectivity index (χ0) is 21.9. The van der Waals surface area contributed by atoms with Gasteiger partial charge in [-0.3, -0.25) is 0 Å². The molecule has 29 heavy (non-hydrogen) atoms. The Labute approximate surface area is 172 Å². The van der Waals surface area contributed by atoms with Crippen molar-refractivity contribution >= 4 is 18.0 Å². The Hall–Kier alpha value is -2.97. The van der Waals surface area contributed by atoms with E-state index >= 15 is 0 Å². The molecule has 1 aromatic carbocycles. The number of ether oxygens (including phenoxy) is 3. The Morgan fingerprint density at radius 3 is 2.34 bits per heavy atom. The van der Waals surface area contributed by atoms with Crippen LogP contribution in [0, 0.1) is 0 Å². The van der Waals surface area contributed by atoms with E-state index in [-0.39, 0.29) is 0 Å². The molecular formula is C20H32N4O5. The summed E-state index contributed by atoms with van der Waals surface area (Å²) in [5, 5.41) is 8.94. The second-order valence-corrected chi connectivity index (χ2v) is 7.08. The van der Waals surface area contributed by atoms with Crippen molar-refractivity contribution in [3.05, 3.63) is 29.3 Å². The highest BCUT2D eigenvalue weighted by molar-refractivity contribution is 5.92. The molecule has 162 valence electrons. The van der Waals surface area contributed by atoms with Crippen molar-refractivity contribution in [1.82, 2.24) is 16.0 Å². The molecule has 0 saturated carbocycles. The number of guanidine groups is 1. The Morgan fingerprint density at radius 1 is 1.07 bits per heavy atom. The van der Waals surface area contributed by atoms with Crippen LogP contribution >= 0.6 is 0 Å². The Balaban J connectivity index is 2.66. The first kappa shape index (κ1) is 24.1. The van der Waals surface area contributed by atoms with Crippen LogP contribution in [0.5, 0.6) is 5.75 Å². The van der Waals surface area contributed by atoms with Gasteiger partial charge in [0.15, 0.2) is 5.96 Å².